The van der Waals surface area contributed by atoms with E-state index in [1.165, 1.54) is 18.3 Å². The van der Waals surface area contributed by atoms with Gasteiger partial charge in [-0.1, -0.05) is 18.2 Å². The fraction of sp³-hybridized carbons (Fsp3) is 0.250. The quantitative estimate of drug-likeness (QED) is 0.389. The number of ether oxygens (including phenoxy) is 1. The van der Waals surface area contributed by atoms with Gasteiger partial charge in [0, 0.05) is 12.3 Å². The topological polar surface area (TPSA) is 120 Å². The van der Waals surface area contributed by atoms with Crippen LogP contribution in [-0.4, -0.2) is 41.8 Å². The monoisotopic (exact) mass is 379 g/mol. The van der Waals surface area contributed by atoms with Crippen LogP contribution in [0.25, 0.3) is 0 Å². The van der Waals surface area contributed by atoms with Crippen LogP contribution in [0, 0.1) is 10.1 Å². The van der Waals surface area contributed by atoms with Gasteiger partial charge in [0.15, 0.2) is 4.90 Å². The van der Waals surface area contributed by atoms with Crippen molar-refractivity contribution in [1.82, 2.24) is 9.29 Å². The molecule has 9 nitrogen and oxygen atoms in total. The number of nitro benzene ring substituents is 1. The van der Waals surface area contributed by atoms with Gasteiger partial charge in [-0.05, 0) is 25.1 Å². The summed E-state index contributed by atoms with van der Waals surface area (Å²) >= 11 is 0. The number of esters is 1. The van der Waals surface area contributed by atoms with Crippen molar-refractivity contribution >= 4 is 21.7 Å². The summed E-state index contributed by atoms with van der Waals surface area (Å²) in [7, 11) is -4.34. The molecule has 138 valence electrons. The number of pyridine rings is 1. The molecule has 26 heavy (non-hydrogen) atoms. The second-order valence-electron chi connectivity index (χ2n) is 5.12. The first-order chi connectivity index (χ1) is 12.4. The molecule has 0 radical (unpaired) electrons. The van der Waals surface area contributed by atoms with Crippen LogP contribution < -0.4 is 0 Å². The van der Waals surface area contributed by atoms with Crippen LogP contribution in [0.4, 0.5) is 5.69 Å². The van der Waals surface area contributed by atoms with Crippen molar-refractivity contribution < 1.29 is 22.9 Å². The predicted octanol–water partition coefficient (Wildman–Crippen LogP) is 1.74. The van der Waals surface area contributed by atoms with Crippen molar-refractivity contribution in [3.8, 4) is 0 Å². The van der Waals surface area contributed by atoms with E-state index in [1.807, 2.05) is 0 Å². The van der Waals surface area contributed by atoms with Crippen LogP contribution in [0.15, 0.2) is 53.6 Å². The van der Waals surface area contributed by atoms with Gasteiger partial charge in [-0.3, -0.25) is 19.9 Å². The van der Waals surface area contributed by atoms with E-state index in [4.69, 9.17) is 4.74 Å². The van der Waals surface area contributed by atoms with Crippen molar-refractivity contribution in [2.24, 2.45) is 0 Å². The Hall–Kier alpha value is -2.85. The zero-order valence-corrected chi connectivity index (χ0v) is 14.8. The Morgan fingerprint density at radius 2 is 1.92 bits per heavy atom. The number of rotatable bonds is 8. The summed E-state index contributed by atoms with van der Waals surface area (Å²) in [6, 6.07) is 9.89. The highest BCUT2D eigenvalue weighted by atomic mass is 32.2. The van der Waals surface area contributed by atoms with Crippen molar-refractivity contribution in [1.29, 1.82) is 0 Å². The number of benzene rings is 1. The molecule has 0 N–H and O–H groups in total. The summed E-state index contributed by atoms with van der Waals surface area (Å²) in [5, 5.41) is 11.2. The average molecular weight is 379 g/mol. The second-order valence-corrected chi connectivity index (χ2v) is 7.03. The molecule has 0 saturated heterocycles. The maximum atomic E-state index is 13.0. The van der Waals surface area contributed by atoms with E-state index in [-0.39, 0.29) is 13.2 Å². The normalized spacial score (nSPS) is 11.3. The lowest BCUT2D eigenvalue weighted by Gasteiger charge is -2.21. The van der Waals surface area contributed by atoms with Crippen LogP contribution in [-0.2, 0) is 26.1 Å². The van der Waals surface area contributed by atoms with Crippen LogP contribution in [0.3, 0.4) is 0 Å². The molecule has 0 bridgehead atoms. The zero-order chi connectivity index (χ0) is 19.2. The van der Waals surface area contributed by atoms with Gasteiger partial charge in [-0.25, -0.2) is 8.42 Å². The average Bonchev–Trinajstić information content (AvgIpc) is 2.62. The minimum absolute atomic E-state index is 0.0851. The first-order valence-electron chi connectivity index (χ1n) is 7.65. The summed E-state index contributed by atoms with van der Waals surface area (Å²) in [5.74, 6) is -0.759. The van der Waals surface area contributed by atoms with Gasteiger partial charge in [0.05, 0.1) is 23.8 Å². The maximum Gasteiger partial charge on any atom is 0.321 e. The number of hydrogen-bond acceptors (Lipinski definition) is 7. The minimum atomic E-state index is -4.34. The number of aromatic nitrogens is 1. The highest BCUT2D eigenvalue weighted by Crippen LogP contribution is 2.27. The number of hydrogen-bond donors (Lipinski definition) is 0. The Morgan fingerprint density at radius 3 is 2.54 bits per heavy atom. The van der Waals surface area contributed by atoms with E-state index < -0.39 is 38.0 Å². The first-order valence-corrected chi connectivity index (χ1v) is 9.09. The zero-order valence-electron chi connectivity index (χ0n) is 13.9. The molecule has 1 aromatic heterocycles. The number of carbonyl (C=O) groups is 1. The van der Waals surface area contributed by atoms with E-state index in [1.54, 1.807) is 25.1 Å². The third kappa shape index (κ3) is 4.61. The number of sulfonamides is 1. The molecule has 0 aliphatic carbocycles. The molecule has 0 atom stereocenters. The SMILES string of the molecule is CCOC(=O)CN(Cc1ccccn1)S(=O)(=O)c1ccccc1[N+](=O)[O-]. The molecule has 0 aliphatic heterocycles. The molecule has 0 aliphatic rings. The Kier molecular flexibility index (Phi) is 6.36. The van der Waals surface area contributed by atoms with Gasteiger partial charge >= 0.3 is 5.97 Å². The van der Waals surface area contributed by atoms with Crippen LogP contribution in [0.1, 0.15) is 12.6 Å². The molecule has 0 saturated carbocycles. The van der Waals surface area contributed by atoms with E-state index in [9.17, 15) is 23.3 Å². The lowest BCUT2D eigenvalue weighted by Crippen LogP contribution is -2.36. The molecule has 0 fully saturated rings. The van der Waals surface area contributed by atoms with E-state index >= 15 is 0 Å². The largest absolute Gasteiger partial charge is 0.465 e. The second kappa shape index (κ2) is 8.50. The number of carbonyl (C=O) groups excluding carboxylic acids is 1. The molecule has 2 aromatic rings. The minimum Gasteiger partial charge on any atom is -0.465 e. The maximum absolute atomic E-state index is 13.0. The summed E-state index contributed by atoms with van der Waals surface area (Å²) in [6.07, 6.45) is 1.48. The first kappa shape index (κ1) is 19.5. The Bertz CT molecular complexity index is 886. The third-order valence-corrected chi connectivity index (χ3v) is 5.19. The van der Waals surface area contributed by atoms with Gasteiger partial charge in [0.1, 0.15) is 6.54 Å². The summed E-state index contributed by atoms with van der Waals surface area (Å²) in [6.45, 7) is 0.867. The fourth-order valence-corrected chi connectivity index (χ4v) is 3.73. The van der Waals surface area contributed by atoms with E-state index in [2.05, 4.69) is 4.98 Å². The van der Waals surface area contributed by atoms with Gasteiger partial charge in [0.25, 0.3) is 15.7 Å². The Morgan fingerprint density at radius 1 is 1.23 bits per heavy atom. The Labute approximate surface area is 150 Å². The van der Waals surface area contributed by atoms with Crippen LogP contribution >= 0.6 is 0 Å². The summed E-state index contributed by atoms with van der Waals surface area (Å²) in [5.41, 5.74) is -0.179. The van der Waals surface area contributed by atoms with Crippen LogP contribution in [0.5, 0.6) is 0 Å². The van der Waals surface area contributed by atoms with E-state index in [0.717, 1.165) is 16.4 Å². The van der Waals surface area contributed by atoms with Gasteiger partial charge in [0.2, 0.25) is 0 Å². The number of para-hydroxylation sites is 1. The Balaban J connectivity index is 2.45. The number of nitro groups is 1. The lowest BCUT2D eigenvalue weighted by atomic mass is 10.3. The molecule has 2 rings (SSSR count). The van der Waals surface area contributed by atoms with Gasteiger partial charge < -0.3 is 4.74 Å². The van der Waals surface area contributed by atoms with Crippen molar-refractivity contribution in [2.45, 2.75) is 18.4 Å². The lowest BCUT2D eigenvalue weighted by molar-refractivity contribution is -0.387. The molecule has 1 aromatic carbocycles. The molecular weight excluding hydrogens is 362 g/mol. The molecule has 0 spiro atoms. The van der Waals surface area contributed by atoms with E-state index in [0.29, 0.717) is 5.69 Å². The standard InChI is InChI=1S/C16H17N3O6S/c1-2-25-16(20)12-18(11-13-7-5-6-10-17-13)26(23,24)15-9-4-3-8-14(15)19(21)22/h3-10H,2,11-12H2,1H3. The predicted molar refractivity (Wildman–Crippen MR) is 91.6 cm³/mol. The molecule has 1 heterocycles. The smallest absolute Gasteiger partial charge is 0.321 e. The third-order valence-electron chi connectivity index (χ3n) is 3.36. The molecule has 10 heteroatoms. The molecular formula is C16H17N3O6S. The van der Waals surface area contributed by atoms with Crippen molar-refractivity contribution in [3.05, 3.63) is 64.5 Å². The van der Waals surface area contributed by atoms with Crippen molar-refractivity contribution in [2.75, 3.05) is 13.2 Å². The van der Waals surface area contributed by atoms with Gasteiger partial charge in [-0.15, -0.1) is 0 Å². The van der Waals surface area contributed by atoms with Crippen LogP contribution in [0.2, 0.25) is 0 Å². The fourth-order valence-electron chi connectivity index (χ4n) is 2.21. The van der Waals surface area contributed by atoms with Crippen molar-refractivity contribution in [3.63, 3.8) is 0 Å². The molecule has 0 amide bonds. The molecule has 0 unspecified atom stereocenters. The summed E-state index contributed by atoms with van der Waals surface area (Å²) in [4.78, 5) is 25.8. The summed E-state index contributed by atoms with van der Waals surface area (Å²) < 4.78 is 31.6. The highest BCUT2D eigenvalue weighted by Gasteiger charge is 2.33. The highest BCUT2D eigenvalue weighted by molar-refractivity contribution is 7.89. The number of nitrogens with zero attached hydrogens (tertiary/aromatic N) is 3. The van der Waals surface area contributed by atoms with Gasteiger partial charge in [-0.2, -0.15) is 4.31 Å².